The molecule has 1 aliphatic heterocycles. The Labute approximate surface area is 203 Å². The van der Waals surface area contributed by atoms with Crippen LogP contribution in [-0.2, 0) is 15.8 Å². The number of nitrogens with zero attached hydrogens (tertiary/aromatic N) is 1. The summed E-state index contributed by atoms with van der Waals surface area (Å²) in [6, 6.07) is 4.99. The van der Waals surface area contributed by atoms with Gasteiger partial charge >= 0.3 is 6.18 Å². The molecule has 4 rings (SSSR count). The molecule has 8 heteroatoms. The predicted molar refractivity (Wildman–Crippen MR) is 129 cm³/mol. The number of amides is 2. The monoisotopic (exact) mass is 494 g/mol. The van der Waals surface area contributed by atoms with Crippen molar-refractivity contribution in [2.75, 3.05) is 6.54 Å². The Kier molecular flexibility index (Phi) is 7.65. The van der Waals surface area contributed by atoms with Gasteiger partial charge in [-0.05, 0) is 54.9 Å². The van der Waals surface area contributed by atoms with Crippen LogP contribution < -0.4 is 5.32 Å². The largest absolute Gasteiger partial charge is 0.416 e. The van der Waals surface area contributed by atoms with Gasteiger partial charge in [0.15, 0.2) is 0 Å². The summed E-state index contributed by atoms with van der Waals surface area (Å²) < 4.78 is 38.7. The SMILES string of the molecule is CC1CCCC(NC(=O)CN2C(=O)/C(=C\c3ccc(C(F)(F)F)cc3)SC3CCCCC32)C1C. The first-order valence-electron chi connectivity index (χ1n) is 12.3. The minimum atomic E-state index is -4.39. The molecule has 3 aliphatic rings. The normalized spacial score (nSPS) is 31.3. The van der Waals surface area contributed by atoms with E-state index < -0.39 is 11.7 Å². The first kappa shape index (κ1) is 25.1. The molecular weight excluding hydrogens is 461 g/mol. The first-order valence-corrected chi connectivity index (χ1v) is 13.2. The van der Waals surface area contributed by atoms with Crippen molar-refractivity contribution < 1.29 is 22.8 Å². The van der Waals surface area contributed by atoms with E-state index in [2.05, 4.69) is 19.2 Å². The molecule has 0 radical (unpaired) electrons. The molecule has 0 aromatic heterocycles. The minimum absolute atomic E-state index is 0.0180. The van der Waals surface area contributed by atoms with Gasteiger partial charge in [0.1, 0.15) is 6.54 Å². The quantitative estimate of drug-likeness (QED) is 0.533. The second kappa shape index (κ2) is 10.3. The van der Waals surface area contributed by atoms with Crippen LogP contribution in [0.5, 0.6) is 0 Å². The highest BCUT2D eigenvalue weighted by molar-refractivity contribution is 8.04. The smallest absolute Gasteiger partial charge is 0.352 e. The third-order valence-corrected chi connectivity index (χ3v) is 9.12. The zero-order valence-corrected chi connectivity index (χ0v) is 20.6. The second-order valence-electron chi connectivity index (χ2n) is 10.0. The van der Waals surface area contributed by atoms with Crippen molar-refractivity contribution in [2.24, 2.45) is 11.8 Å². The van der Waals surface area contributed by atoms with Gasteiger partial charge in [-0.25, -0.2) is 0 Å². The molecule has 5 atom stereocenters. The van der Waals surface area contributed by atoms with Crippen LogP contribution in [0.4, 0.5) is 13.2 Å². The molecule has 0 bridgehead atoms. The van der Waals surface area contributed by atoms with E-state index in [4.69, 9.17) is 0 Å². The van der Waals surface area contributed by atoms with Crippen molar-refractivity contribution in [1.82, 2.24) is 10.2 Å². The van der Waals surface area contributed by atoms with Crippen molar-refractivity contribution in [1.29, 1.82) is 0 Å². The molecule has 1 aromatic carbocycles. The van der Waals surface area contributed by atoms with Crippen LogP contribution in [0.25, 0.3) is 6.08 Å². The maximum absolute atomic E-state index is 13.4. The molecule has 5 unspecified atom stereocenters. The van der Waals surface area contributed by atoms with Crippen molar-refractivity contribution in [3.05, 3.63) is 40.3 Å². The van der Waals surface area contributed by atoms with E-state index in [1.54, 1.807) is 11.0 Å². The molecule has 2 amide bonds. The lowest BCUT2D eigenvalue weighted by atomic mass is 9.78. The highest BCUT2D eigenvalue weighted by atomic mass is 32.2. The molecule has 3 fully saturated rings. The molecule has 34 heavy (non-hydrogen) atoms. The van der Waals surface area contributed by atoms with Crippen LogP contribution in [0.1, 0.15) is 69.9 Å². The van der Waals surface area contributed by atoms with Crippen LogP contribution in [0, 0.1) is 11.8 Å². The van der Waals surface area contributed by atoms with E-state index in [-0.39, 0.29) is 35.7 Å². The van der Waals surface area contributed by atoms with E-state index in [9.17, 15) is 22.8 Å². The molecule has 0 spiro atoms. The van der Waals surface area contributed by atoms with Gasteiger partial charge in [-0.15, -0.1) is 11.8 Å². The summed E-state index contributed by atoms with van der Waals surface area (Å²) in [5.74, 6) is 0.647. The fourth-order valence-electron chi connectivity index (χ4n) is 5.47. The number of thioether (sulfide) groups is 1. The third-order valence-electron chi connectivity index (χ3n) is 7.72. The van der Waals surface area contributed by atoms with Crippen molar-refractivity contribution >= 4 is 29.7 Å². The lowest BCUT2D eigenvalue weighted by Gasteiger charge is -2.44. The molecule has 1 aromatic rings. The average Bonchev–Trinajstić information content (AvgIpc) is 2.79. The van der Waals surface area contributed by atoms with Crippen LogP contribution in [0.2, 0.25) is 0 Å². The van der Waals surface area contributed by atoms with Gasteiger partial charge in [0.2, 0.25) is 5.91 Å². The van der Waals surface area contributed by atoms with E-state index in [0.29, 0.717) is 22.3 Å². The number of nitrogens with one attached hydrogen (secondary N) is 1. The third kappa shape index (κ3) is 5.64. The zero-order valence-electron chi connectivity index (χ0n) is 19.7. The Morgan fingerprint density at radius 3 is 2.50 bits per heavy atom. The molecule has 2 saturated carbocycles. The molecule has 1 heterocycles. The molecule has 1 saturated heterocycles. The molecule has 186 valence electrons. The summed E-state index contributed by atoms with van der Waals surface area (Å²) >= 11 is 1.51. The number of hydrogen-bond acceptors (Lipinski definition) is 3. The lowest BCUT2D eigenvalue weighted by Crippen LogP contribution is -2.55. The fraction of sp³-hybridized carbons (Fsp3) is 0.615. The highest BCUT2D eigenvalue weighted by Gasteiger charge is 2.41. The maximum Gasteiger partial charge on any atom is 0.416 e. The predicted octanol–water partition coefficient (Wildman–Crippen LogP) is 5.87. The Balaban J connectivity index is 1.50. The number of benzene rings is 1. The second-order valence-corrected chi connectivity index (χ2v) is 11.3. The van der Waals surface area contributed by atoms with Gasteiger partial charge in [0.05, 0.1) is 10.5 Å². The number of fused-ring (bicyclic) bond motifs is 1. The standard InChI is InChI=1S/C26H33F3N2O2S/c1-16-6-5-7-20(17(16)2)30-24(32)15-31-21-8-3-4-9-22(21)34-23(25(31)33)14-18-10-12-19(13-11-18)26(27,28)29/h10-14,16-17,20-22H,3-9,15H2,1-2H3,(H,30,32)/b23-14+. The number of rotatable bonds is 4. The molecular formula is C26H33F3N2O2S. The fourth-order valence-corrected chi connectivity index (χ4v) is 6.95. The van der Waals surface area contributed by atoms with Crippen LogP contribution in [0.15, 0.2) is 29.2 Å². The van der Waals surface area contributed by atoms with Crippen LogP contribution in [-0.4, -0.2) is 40.6 Å². The number of carbonyl (C=O) groups is 2. The van der Waals surface area contributed by atoms with E-state index in [0.717, 1.165) is 50.7 Å². The summed E-state index contributed by atoms with van der Waals surface area (Å²) in [7, 11) is 0. The van der Waals surface area contributed by atoms with E-state index in [1.807, 2.05) is 0 Å². The Morgan fingerprint density at radius 1 is 1.09 bits per heavy atom. The summed E-state index contributed by atoms with van der Waals surface area (Å²) in [5.41, 5.74) is -0.165. The lowest BCUT2D eigenvalue weighted by molar-refractivity contribution is -0.137. The minimum Gasteiger partial charge on any atom is -0.352 e. The number of hydrogen-bond donors (Lipinski definition) is 1. The van der Waals surface area contributed by atoms with Gasteiger partial charge in [-0.3, -0.25) is 9.59 Å². The van der Waals surface area contributed by atoms with Crippen LogP contribution >= 0.6 is 11.8 Å². The van der Waals surface area contributed by atoms with Gasteiger partial charge < -0.3 is 10.2 Å². The Hall–Kier alpha value is -1.96. The van der Waals surface area contributed by atoms with Crippen molar-refractivity contribution in [3.63, 3.8) is 0 Å². The van der Waals surface area contributed by atoms with Crippen LogP contribution in [0.3, 0.4) is 0 Å². The zero-order chi connectivity index (χ0) is 24.5. The topological polar surface area (TPSA) is 49.4 Å². The molecule has 4 nitrogen and oxygen atoms in total. The van der Waals surface area contributed by atoms with E-state index >= 15 is 0 Å². The maximum atomic E-state index is 13.4. The van der Waals surface area contributed by atoms with Crippen molar-refractivity contribution in [2.45, 2.75) is 82.3 Å². The summed E-state index contributed by atoms with van der Waals surface area (Å²) in [6.45, 7) is 4.43. The van der Waals surface area contributed by atoms with Gasteiger partial charge in [-0.1, -0.05) is 51.7 Å². The molecule has 2 aliphatic carbocycles. The Morgan fingerprint density at radius 2 is 1.79 bits per heavy atom. The summed E-state index contributed by atoms with van der Waals surface area (Å²) in [4.78, 5) is 28.6. The summed E-state index contributed by atoms with van der Waals surface area (Å²) in [5, 5.41) is 3.38. The summed E-state index contributed by atoms with van der Waals surface area (Å²) in [6.07, 6.45) is 4.45. The number of alkyl halides is 3. The highest BCUT2D eigenvalue weighted by Crippen LogP contribution is 2.42. The average molecular weight is 495 g/mol. The molecule has 1 N–H and O–H groups in total. The number of halogens is 3. The van der Waals surface area contributed by atoms with Crippen molar-refractivity contribution in [3.8, 4) is 0 Å². The first-order chi connectivity index (χ1) is 16.1. The van der Waals surface area contributed by atoms with E-state index in [1.165, 1.54) is 30.3 Å². The number of carbonyl (C=O) groups excluding carboxylic acids is 2. The van der Waals surface area contributed by atoms with Gasteiger partial charge in [0, 0.05) is 17.3 Å². The van der Waals surface area contributed by atoms with Gasteiger partial charge in [0.25, 0.3) is 5.91 Å². The van der Waals surface area contributed by atoms with Gasteiger partial charge in [-0.2, -0.15) is 13.2 Å². The Bertz CT molecular complexity index is 931.